The Morgan fingerprint density at radius 2 is 1.41 bits per heavy atom. The summed E-state index contributed by atoms with van der Waals surface area (Å²) in [7, 11) is 0. The molecule has 0 aliphatic rings. The Hall–Kier alpha value is -3.93. The summed E-state index contributed by atoms with van der Waals surface area (Å²) in [5, 5.41) is 6.07. The minimum absolute atomic E-state index is 0.0476. The van der Waals surface area contributed by atoms with Gasteiger partial charge in [-0.3, -0.25) is 14.4 Å². The molecule has 0 saturated heterocycles. The van der Waals surface area contributed by atoms with Crippen molar-refractivity contribution < 1.29 is 19.1 Å². The molecule has 6 nitrogen and oxygen atoms in total. The number of nitrogens with one attached hydrogen (secondary N) is 2. The van der Waals surface area contributed by atoms with Crippen LogP contribution in [0, 0.1) is 18.3 Å². The number of carbonyl (C=O) groups is 3. The van der Waals surface area contributed by atoms with Crippen LogP contribution in [0.3, 0.4) is 0 Å². The molecule has 3 rings (SSSR count). The summed E-state index contributed by atoms with van der Waals surface area (Å²) in [4.78, 5) is 40.1. The zero-order valence-electron chi connectivity index (χ0n) is 27.7. The molecule has 3 aromatic carbocycles. The molecule has 6 heteroatoms. The van der Waals surface area contributed by atoms with E-state index in [2.05, 4.69) is 47.9 Å². The number of carbonyl (C=O) groups excluding carboxylic acids is 3. The van der Waals surface area contributed by atoms with E-state index in [4.69, 9.17) is 4.74 Å². The second-order valence-electron chi connectivity index (χ2n) is 13.8. The Kier molecular flexibility index (Phi) is 11.9. The number of hydrogen-bond acceptors (Lipinski definition) is 4. The topological polar surface area (TPSA) is 84.5 Å². The van der Waals surface area contributed by atoms with Crippen molar-refractivity contribution in [1.29, 1.82) is 0 Å². The molecule has 3 aromatic rings. The molecule has 0 spiro atoms. The van der Waals surface area contributed by atoms with Gasteiger partial charge in [-0.1, -0.05) is 99.6 Å². The molecule has 0 fully saturated rings. The molecule has 44 heavy (non-hydrogen) atoms. The van der Waals surface area contributed by atoms with Gasteiger partial charge in [-0.2, -0.15) is 0 Å². The molecule has 0 aliphatic heterocycles. The average Bonchev–Trinajstić information content (AvgIpc) is 2.94. The van der Waals surface area contributed by atoms with Gasteiger partial charge in [0.25, 0.3) is 0 Å². The minimum atomic E-state index is -0.782. The second-order valence-corrected chi connectivity index (χ2v) is 13.8. The van der Waals surface area contributed by atoms with Gasteiger partial charge in [-0.05, 0) is 87.1 Å². The van der Waals surface area contributed by atoms with Gasteiger partial charge in [0.05, 0.1) is 12.5 Å². The Morgan fingerprint density at radius 1 is 0.795 bits per heavy atom. The van der Waals surface area contributed by atoms with Gasteiger partial charge in [0.15, 0.2) is 0 Å². The van der Waals surface area contributed by atoms with Crippen LogP contribution in [0.25, 0.3) is 11.1 Å². The molecule has 0 aliphatic carbocycles. The Labute approximate surface area is 264 Å². The maximum absolute atomic E-state index is 13.8. The lowest BCUT2D eigenvalue weighted by atomic mass is 9.85. The molecule has 0 bridgehead atoms. The fourth-order valence-electron chi connectivity index (χ4n) is 5.34. The Balaban J connectivity index is 1.72. The molecule has 3 unspecified atom stereocenters. The third kappa shape index (κ3) is 10.7. The molecular formula is C38H50N2O4. The second kappa shape index (κ2) is 15.2. The van der Waals surface area contributed by atoms with E-state index in [1.165, 1.54) is 22.3 Å². The molecule has 2 amide bonds. The SMILES string of the molecule is Cc1cc(CCCC(CC(=O)OC(C)(C)C)C(=O)NC(C(=O)NC(C)c2ccccc2)C(C)(C)C)ccc1-c1ccccc1. The molecule has 2 N–H and O–H groups in total. The van der Waals surface area contributed by atoms with E-state index >= 15 is 0 Å². The molecule has 0 radical (unpaired) electrons. The van der Waals surface area contributed by atoms with Crippen molar-refractivity contribution >= 4 is 17.8 Å². The highest BCUT2D eigenvalue weighted by Gasteiger charge is 2.36. The van der Waals surface area contributed by atoms with Crippen molar-refractivity contribution in [1.82, 2.24) is 10.6 Å². The van der Waals surface area contributed by atoms with Gasteiger partial charge in [-0.15, -0.1) is 0 Å². The van der Waals surface area contributed by atoms with Crippen molar-refractivity contribution in [2.24, 2.45) is 11.3 Å². The van der Waals surface area contributed by atoms with Gasteiger partial charge >= 0.3 is 5.97 Å². The van der Waals surface area contributed by atoms with Crippen LogP contribution in [0.4, 0.5) is 0 Å². The highest BCUT2D eigenvalue weighted by Crippen LogP contribution is 2.26. The fraction of sp³-hybridized carbons (Fsp3) is 0.447. The molecule has 3 atom stereocenters. The maximum atomic E-state index is 13.8. The van der Waals surface area contributed by atoms with Crippen molar-refractivity contribution in [3.63, 3.8) is 0 Å². The predicted molar refractivity (Wildman–Crippen MR) is 178 cm³/mol. The van der Waals surface area contributed by atoms with E-state index in [0.29, 0.717) is 12.8 Å². The smallest absolute Gasteiger partial charge is 0.307 e. The monoisotopic (exact) mass is 598 g/mol. The van der Waals surface area contributed by atoms with Crippen LogP contribution in [-0.4, -0.2) is 29.4 Å². The third-order valence-corrected chi connectivity index (χ3v) is 7.67. The highest BCUT2D eigenvalue weighted by molar-refractivity contribution is 5.90. The van der Waals surface area contributed by atoms with Crippen molar-refractivity contribution in [3.05, 3.63) is 95.6 Å². The van der Waals surface area contributed by atoms with E-state index in [-0.39, 0.29) is 24.3 Å². The van der Waals surface area contributed by atoms with Crippen LogP contribution < -0.4 is 10.6 Å². The first kappa shape index (κ1) is 34.6. The number of ether oxygens (including phenoxy) is 1. The normalized spacial score (nSPS) is 13.8. The van der Waals surface area contributed by atoms with E-state index in [9.17, 15) is 14.4 Å². The summed E-state index contributed by atoms with van der Waals surface area (Å²) in [5.74, 6) is -1.62. The summed E-state index contributed by atoms with van der Waals surface area (Å²) in [6.45, 7) is 15.3. The molecule has 0 aromatic heterocycles. The van der Waals surface area contributed by atoms with Crippen LogP contribution in [0.2, 0.25) is 0 Å². The van der Waals surface area contributed by atoms with Crippen molar-refractivity contribution in [2.75, 3.05) is 0 Å². The van der Waals surface area contributed by atoms with Crippen LogP contribution in [0.1, 0.15) is 90.5 Å². The Bertz CT molecular complexity index is 1390. The largest absolute Gasteiger partial charge is 0.460 e. The number of esters is 1. The standard InChI is InChI=1S/C38H50N2O4/c1-26-24-28(22-23-32(26)30-19-13-10-14-20-30)16-15-21-31(25-33(41)44-38(6,7)8)35(42)40-34(37(3,4)5)36(43)39-27(2)29-17-11-9-12-18-29/h9-14,17-20,22-24,27,31,34H,15-16,21,25H2,1-8H3,(H,39,43)(H,40,42). The number of rotatable bonds is 12. The molecule has 236 valence electrons. The summed E-state index contributed by atoms with van der Waals surface area (Å²) >= 11 is 0. The minimum Gasteiger partial charge on any atom is -0.460 e. The van der Waals surface area contributed by atoms with Crippen LogP contribution in [0.5, 0.6) is 0 Å². The summed E-state index contributed by atoms with van der Waals surface area (Å²) < 4.78 is 5.58. The van der Waals surface area contributed by atoms with Gasteiger partial charge in [-0.25, -0.2) is 0 Å². The maximum Gasteiger partial charge on any atom is 0.307 e. The Morgan fingerprint density at radius 3 is 1.98 bits per heavy atom. The zero-order chi connectivity index (χ0) is 32.5. The first-order valence-electron chi connectivity index (χ1n) is 15.7. The van der Waals surface area contributed by atoms with E-state index in [1.54, 1.807) is 0 Å². The lowest BCUT2D eigenvalue weighted by Gasteiger charge is -2.33. The van der Waals surface area contributed by atoms with Gasteiger partial charge < -0.3 is 15.4 Å². The summed E-state index contributed by atoms with van der Waals surface area (Å²) in [6, 6.07) is 25.5. The van der Waals surface area contributed by atoms with Crippen LogP contribution >= 0.6 is 0 Å². The summed E-state index contributed by atoms with van der Waals surface area (Å²) in [5.41, 5.74) is 4.53. The van der Waals surface area contributed by atoms with Gasteiger partial charge in [0.2, 0.25) is 11.8 Å². The van der Waals surface area contributed by atoms with Gasteiger partial charge in [0, 0.05) is 5.92 Å². The number of amides is 2. The average molecular weight is 599 g/mol. The zero-order valence-corrected chi connectivity index (χ0v) is 27.7. The number of hydrogen-bond donors (Lipinski definition) is 2. The number of benzene rings is 3. The lowest BCUT2D eigenvalue weighted by molar-refractivity contribution is -0.157. The molecule has 0 saturated carbocycles. The van der Waals surface area contributed by atoms with E-state index in [0.717, 1.165) is 12.0 Å². The first-order chi connectivity index (χ1) is 20.6. The fourth-order valence-corrected chi connectivity index (χ4v) is 5.34. The third-order valence-electron chi connectivity index (χ3n) is 7.67. The predicted octanol–water partition coefficient (Wildman–Crippen LogP) is 7.74. The number of aryl methyl sites for hydroxylation is 2. The van der Waals surface area contributed by atoms with Gasteiger partial charge in [0.1, 0.15) is 11.6 Å². The summed E-state index contributed by atoms with van der Waals surface area (Å²) in [6.07, 6.45) is 1.92. The van der Waals surface area contributed by atoms with E-state index in [1.807, 2.05) is 97.0 Å². The lowest BCUT2D eigenvalue weighted by Crippen LogP contribution is -2.55. The highest BCUT2D eigenvalue weighted by atomic mass is 16.6. The van der Waals surface area contributed by atoms with Crippen molar-refractivity contribution in [3.8, 4) is 11.1 Å². The molecule has 0 heterocycles. The quantitative estimate of drug-likeness (QED) is 0.209. The van der Waals surface area contributed by atoms with E-state index < -0.39 is 28.9 Å². The van der Waals surface area contributed by atoms with Crippen LogP contribution in [0.15, 0.2) is 78.9 Å². The van der Waals surface area contributed by atoms with Crippen molar-refractivity contribution in [2.45, 2.75) is 98.8 Å². The first-order valence-corrected chi connectivity index (χ1v) is 15.7. The van der Waals surface area contributed by atoms with Crippen LogP contribution in [-0.2, 0) is 25.5 Å². The molecular weight excluding hydrogens is 548 g/mol.